The Labute approximate surface area is 116 Å². The van der Waals surface area contributed by atoms with E-state index in [-0.39, 0.29) is 9.13 Å². The summed E-state index contributed by atoms with van der Waals surface area (Å²) in [4.78, 5) is 11.3. The minimum absolute atomic E-state index is 0.188. The minimum atomic E-state index is -5.71. The fourth-order valence-corrected chi connectivity index (χ4v) is 1.72. The van der Waals surface area contributed by atoms with Crippen molar-refractivity contribution in [1.29, 1.82) is 0 Å². The summed E-state index contributed by atoms with van der Waals surface area (Å²) < 4.78 is 76.9. The fourth-order valence-electron chi connectivity index (χ4n) is 1.12. The standard InChI is InChI=1S/C10H5F6IO2/c11-9(12,13)8(10(14,15)16)19-7(18)5-3-1-2-4-6(5)17/h1-4,8H. The lowest BCUT2D eigenvalue weighted by molar-refractivity contribution is -0.307. The zero-order valence-corrected chi connectivity index (χ0v) is 11.0. The summed E-state index contributed by atoms with van der Waals surface area (Å²) in [5.41, 5.74) is -0.360. The van der Waals surface area contributed by atoms with Crippen molar-refractivity contribution < 1.29 is 35.9 Å². The van der Waals surface area contributed by atoms with Gasteiger partial charge in [-0.2, -0.15) is 26.3 Å². The molecule has 0 heterocycles. The van der Waals surface area contributed by atoms with E-state index in [1.807, 2.05) is 0 Å². The van der Waals surface area contributed by atoms with Crippen LogP contribution < -0.4 is 0 Å². The summed E-state index contributed by atoms with van der Waals surface area (Å²) >= 11 is 1.60. The van der Waals surface area contributed by atoms with Crippen LogP contribution in [0.3, 0.4) is 0 Å². The number of carbonyl (C=O) groups excluding carboxylic acids is 1. The third kappa shape index (κ3) is 4.25. The van der Waals surface area contributed by atoms with Gasteiger partial charge in [0.15, 0.2) is 0 Å². The van der Waals surface area contributed by atoms with E-state index < -0.39 is 24.4 Å². The molecule has 0 saturated heterocycles. The number of esters is 1. The number of halogens is 7. The lowest BCUT2D eigenvalue weighted by atomic mass is 10.2. The first kappa shape index (κ1) is 16.1. The number of rotatable bonds is 2. The molecular formula is C10H5F6IO2. The molecule has 0 saturated carbocycles. The molecule has 0 bridgehead atoms. The maximum atomic E-state index is 12.2. The Morgan fingerprint density at radius 1 is 1.05 bits per heavy atom. The molecule has 0 spiro atoms. The normalized spacial score (nSPS) is 12.6. The first-order valence-electron chi connectivity index (χ1n) is 4.62. The van der Waals surface area contributed by atoms with Crippen LogP contribution in [-0.2, 0) is 4.74 Å². The van der Waals surface area contributed by atoms with Crippen molar-refractivity contribution in [2.75, 3.05) is 0 Å². The Kier molecular flexibility index (Phi) is 4.69. The molecule has 0 atom stereocenters. The Hall–Kier alpha value is -1.00. The van der Waals surface area contributed by atoms with E-state index in [0.717, 1.165) is 6.07 Å². The van der Waals surface area contributed by atoms with Gasteiger partial charge in [0.2, 0.25) is 0 Å². The highest BCUT2D eigenvalue weighted by Gasteiger charge is 2.60. The van der Waals surface area contributed by atoms with Crippen LogP contribution in [0.5, 0.6) is 0 Å². The van der Waals surface area contributed by atoms with Gasteiger partial charge in [-0.05, 0) is 34.7 Å². The Balaban J connectivity index is 2.99. The molecule has 106 valence electrons. The van der Waals surface area contributed by atoms with Crippen LogP contribution in [0, 0.1) is 3.57 Å². The molecule has 19 heavy (non-hydrogen) atoms. The van der Waals surface area contributed by atoms with Crippen molar-refractivity contribution in [2.24, 2.45) is 0 Å². The molecule has 9 heteroatoms. The topological polar surface area (TPSA) is 26.3 Å². The summed E-state index contributed by atoms with van der Waals surface area (Å²) in [5, 5.41) is 0. The summed E-state index contributed by atoms with van der Waals surface area (Å²) in [6.45, 7) is 0. The zero-order valence-electron chi connectivity index (χ0n) is 8.85. The predicted octanol–water partition coefficient (Wildman–Crippen LogP) is 3.94. The lowest BCUT2D eigenvalue weighted by Gasteiger charge is -2.22. The van der Waals surface area contributed by atoms with Crippen LogP contribution in [0.15, 0.2) is 24.3 Å². The fraction of sp³-hybridized carbons (Fsp3) is 0.300. The second-order valence-electron chi connectivity index (χ2n) is 3.35. The van der Waals surface area contributed by atoms with Gasteiger partial charge in [0.05, 0.1) is 5.56 Å². The highest BCUT2D eigenvalue weighted by molar-refractivity contribution is 14.1. The monoisotopic (exact) mass is 398 g/mol. The number of ether oxygens (including phenoxy) is 1. The van der Waals surface area contributed by atoms with Gasteiger partial charge in [0, 0.05) is 3.57 Å². The lowest BCUT2D eigenvalue weighted by Crippen LogP contribution is -2.45. The van der Waals surface area contributed by atoms with E-state index in [1.54, 1.807) is 22.6 Å². The van der Waals surface area contributed by atoms with Crippen LogP contribution in [0.25, 0.3) is 0 Å². The number of hydrogen-bond acceptors (Lipinski definition) is 2. The predicted molar refractivity (Wildman–Crippen MR) is 60.5 cm³/mol. The van der Waals surface area contributed by atoms with Crippen LogP contribution in [0.4, 0.5) is 26.3 Å². The Morgan fingerprint density at radius 3 is 1.95 bits per heavy atom. The van der Waals surface area contributed by atoms with Crippen molar-refractivity contribution in [3.8, 4) is 0 Å². The van der Waals surface area contributed by atoms with Crippen LogP contribution in [0.2, 0.25) is 0 Å². The third-order valence-corrected chi connectivity index (χ3v) is 2.85. The second kappa shape index (κ2) is 5.55. The van der Waals surface area contributed by atoms with Gasteiger partial charge in [-0.1, -0.05) is 12.1 Å². The third-order valence-electron chi connectivity index (χ3n) is 1.91. The molecule has 0 aliphatic rings. The minimum Gasteiger partial charge on any atom is -0.439 e. The van der Waals surface area contributed by atoms with Crippen LogP contribution in [0.1, 0.15) is 10.4 Å². The molecule has 0 fully saturated rings. The van der Waals surface area contributed by atoms with Gasteiger partial charge in [-0.25, -0.2) is 4.79 Å². The van der Waals surface area contributed by atoms with Crippen LogP contribution >= 0.6 is 22.6 Å². The van der Waals surface area contributed by atoms with Crippen molar-refractivity contribution in [3.05, 3.63) is 33.4 Å². The van der Waals surface area contributed by atoms with Crippen molar-refractivity contribution in [1.82, 2.24) is 0 Å². The van der Waals surface area contributed by atoms with E-state index in [4.69, 9.17) is 0 Å². The van der Waals surface area contributed by atoms with Crippen LogP contribution in [-0.4, -0.2) is 24.4 Å². The molecule has 0 radical (unpaired) electrons. The van der Waals surface area contributed by atoms with Gasteiger partial charge < -0.3 is 4.74 Å². The molecule has 0 aliphatic heterocycles. The first-order chi connectivity index (χ1) is 8.53. The number of benzene rings is 1. The highest BCUT2D eigenvalue weighted by atomic mass is 127. The van der Waals surface area contributed by atoms with Gasteiger partial charge in [-0.15, -0.1) is 0 Å². The molecule has 0 aliphatic carbocycles. The molecule has 0 N–H and O–H groups in total. The van der Waals surface area contributed by atoms with Crippen molar-refractivity contribution >= 4 is 28.6 Å². The molecule has 2 nitrogen and oxygen atoms in total. The Morgan fingerprint density at radius 2 is 1.53 bits per heavy atom. The second-order valence-corrected chi connectivity index (χ2v) is 4.51. The van der Waals surface area contributed by atoms with E-state index in [1.165, 1.54) is 18.2 Å². The summed E-state index contributed by atoms with van der Waals surface area (Å²) in [6, 6.07) is 5.21. The summed E-state index contributed by atoms with van der Waals surface area (Å²) in [7, 11) is 0. The van der Waals surface area contributed by atoms with E-state index in [9.17, 15) is 31.1 Å². The largest absolute Gasteiger partial charge is 0.439 e. The van der Waals surface area contributed by atoms with E-state index in [2.05, 4.69) is 4.74 Å². The molecule has 1 aromatic rings. The first-order valence-corrected chi connectivity index (χ1v) is 5.70. The zero-order chi connectivity index (χ0) is 14.8. The molecule has 1 aromatic carbocycles. The number of carbonyl (C=O) groups is 1. The molecule has 0 amide bonds. The van der Waals surface area contributed by atoms with Crippen molar-refractivity contribution in [2.45, 2.75) is 18.5 Å². The quantitative estimate of drug-likeness (QED) is 0.429. The summed E-state index contributed by atoms with van der Waals surface area (Å²) in [5.74, 6) is -1.68. The van der Waals surface area contributed by atoms with Crippen molar-refractivity contribution in [3.63, 3.8) is 0 Å². The number of alkyl halides is 6. The molecule has 1 rings (SSSR count). The molecular weight excluding hydrogens is 393 g/mol. The average Bonchev–Trinajstić information content (AvgIpc) is 2.23. The van der Waals surface area contributed by atoms with Gasteiger partial charge >= 0.3 is 18.3 Å². The maximum Gasteiger partial charge on any atom is 0.434 e. The maximum absolute atomic E-state index is 12.2. The number of hydrogen-bond donors (Lipinski definition) is 0. The highest BCUT2D eigenvalue weighted by Crippen LogP contribution is 2.36. The molecule has 0 unspecified atom stereocenters. The van der Waals surface area contributed by atoms with E-state index >= 15 is 0 Å². The molecule has 0 aromatic heterocycles. The van der Waals surface area contributed by atoms with E-state index in [0.29, 0.717) is 0 Å². The van der Waals surface area contributed by atoms with Gasteiger partial charge in [-0.3, -0.25) is 0 Å². The Bertz CT molecular complexity index is 454. The summed E-state index contributed by atoms with van der Waals surface area (Å²) in [6.07, 6.45) is -15.6. The average molecular weight is 398 g/mol. The van der Waals surface area contributed by atoms with Gasteiger partial charge in [0.1, 0.15) is 0 Å². The smallest absolute Gasteiger partial charge is 0.434 e. The van der Waals surface area contributed by atoms with Gasteiger partial charge in [0.25, 0.3) is 6.10 Å². The SMILES string of the molecule is O=C(OC(C(F)(F)F)C(F)(F)F)c1ccccc1I.